The molecule has 246 valence electrons. The Balaban J connectivity index is 3.85. The molecule has 0 radical (unpaired) electrons. The summed E-state index contributed by atoms with van der Waals surface area (Å²) >= 11 is 0. The van der Waals surface area contributed by atoms with E-state index < -0.39 is 0 Å². The molecule has 0 N–H and O–H groups in total. The molecule has 0 aliphatic carbocycles. The van der Waals surface area contributed by atoms with Crippen LogP contribution in [0.15, 0.2) is 48.6 Å². The Kier molecular flexibility index (Phi) is 35.1. The molecule has 1 unspecified atom stereocenters. The van der Waals surface area contributed by atoms with Crippen LogP contribution >= 0.6 is 0 Å². The fourth-order valence-electron chi connectivity index (χ4n) is 5.30. The van der Waals surface area contributed by atoms with E-state index in [1.54, 1.807) is 0 Å². The lowest BCUT2D eigenvalue weighted by Crippen LogP contribution is -2.18. The van der Waals surface area contributed by atoms with E-state index in [2.05, 4.69) is 81.5 Å². The van der Waals surface area contributed by atoms with Crippen molar-refractivity contribution in [2.24, 2.45) is 0 Å². The molecule has 0 rings (SSSR count). The van der Waals surface area contributed by atoms with Crippen molar-refractivity contribution in [1.29, 1.82) is 0 Å². The van der Waals surface area contributed by atoms with Crippen LogP contribution in [0.25, 0.3) is 0 Å². The monoisotopic (exact) mass is 586 g/mol. The van der Waals surface area contributed by atoms with E-state index in [1.165, 1.54) is 141 Å². The molecule has 1 atom stereocenters. The van der Waals surface area contributed by atoms with Crippen LogP contribution in [0, 0.1) is 0 Å². The molecule has 0 bridgehead atoms. The highest BCUT2D eigenvalue weighted by Crippen LogP contribution is 2.17. The molecular weight excluding hydrogens is 510 g/mol. The Bertz CT molecular complexity index is 617. The smallest absolute Gasteiger partial charge is 0.0575 e. The SMILES string of the molecule is CCCC/C=C/C/C=C/CCCCCCCCC(CCCCCCC/C=C/C/C=C/CCCCC)OCCCN(C)C. The summed E-state index contributed by atoms with van der Waals surface area (Å²) in [7, 11) is 4.31. The minimum atomic E-state index is 0.478. The van der Waals surface area contributed by atoms with Crippen molar-refractivity contribution in [3.8, 4) is 0 Å². The third kappa shape index (κ3) is 35.1. The minimum absolute atomic E-state index is 0.478. The molecule has 0 aromatic rings. The van der Waals surface area contributed by atoms with Gasteiger partial charge in [0.15, 0.2) is 0 Å². The second-order valence-electron chi connectivity index (χ2n) is 12.7. The summed E-state index contributed by atoms with van der Waals surface area (Å²) in [6.45, 7) is 6.58. The van der Waals surface area contributed by atoms with Crippen molar-refractivity contribution in [2.45, 2.75) is 180 Å². The highest BCUT2D eigenvalue weighted by molar-refractivity contribution is 4.93. The van der Waals surface area contributed by atoms with E-state index in [0.29, 0.717) is 6.10 Å². The molecule has 0 aromatic heterocycles. The zero-order chi connectivity index (χ0) is 30.6. The van der Waals surface area contributed by atoms with Crippen LogP contribution in [-0.2, 0) is 4.74 Å². The number of hydrogen-bond donors (Lipinski definition) is 0. The van der Waals surface area contributed by atoms with Crippen molar-refractivity contribution in [1.82, 2.24) is 4.90 Å². The number of ether oxygens (including phenoxy) is 1. The van der Waals surface area contributed by atoms with Gasteiger partial charge in [-0.3, -0.25) is 0 Å². The van der Waals surface area contributed by atoms with Gasteiger partial charge >= 0.3 is 0 Å². The van der Waals surface area contributed by atoms with Gasteiger partial charge in [-0.15, -0.1) is 0 Å². The molecule has 0 aromatic carbocycles. The molecule has 0 amide bonds. The lowest BCUT2D eigenvalue weighted by Gasteiger charge is -2.19. The lowest BCUT2D eigenvalue weighted by atomic mass is 10.0. The first-order valence-corrected chi connectivity index (χ1v) is 18.6. The summed E-state index contributed by atoms with van der Waals surface area (Å²) in [4.78, 5) is 2.26. The average molecular weight is 586 g/mol. The number of unbranched alkanes of at least 4 members (excludes halogenated alkanes) is 16. The van der Waals surface area contributed by atoms with Crippen LogP contribution in [0.1, 0.15) is 174 Å². The molecule has 0 aliphatic rings. The maximum atomic E-state index is 6.38. The van der Waals surface area contributed by atoms with Gasteiger partial charge < -0.3 is 9.64 Å². The molecule has 0 spiro atoms. The summed E-state index contributed by atoms with van der Waals surface area (Å²) in [6, 6.07) is 0. The van der Waals surface area contributed by atoms with Gasteiger partial charge in [-0.05, 0) is 97.7 Å². The quantitative estimate of drug-likeness (QED) is 0.0561. The highest BCUT2D eigenvalue weighted by Gasteiger charge is 2.09. The van der Waals surface area contributed by atoms with Gasteiger partial charge in [0.1, 0.15) is 0 Å². The van der Waals surface area contributed by atoms with Crippen LogP contribution in [0.4, 0.5) is 0 Å². The van der Waals surface area contributed by atoms with Gasteiger partial charge in [0.05, 0.1) is 6.10 Å². The summed E-state index contributed by atoms with van der Waals surface area (Å²) in [5, 5.41) is 0. The lowest BCUT2D eigenvalue weighted by molar-refractivity contribution is 0.0342. The maximum absolute atomic E-state index is 6.38. The van der Waals surface area contributed by atoms with Crippen molar-refractivity contribution in [3.63, 3.8) is 0 Å². The van der Waals surface area contributed by atoms with Crippen molar-refractivity contribution >= 4 is 0 Å². The second kappa shape index (κ2) is 36.1. The summed E-state index contributed by atoms with van der Waals surface area (Å²) in [5.41, 5.74) is 0. The predicted octanol–water partition coefficient (Wildman–Crippen LogP) is 13.0. The molecule has 0 aliphatic heterocycles. The standard InChI is InChI=1S/C40H75NO/c1-5-7-9-11-13-15-17-19-21-23-25-27-29-31-33-36-40(42-39-35-38-41(3)4)37-34-32-30-28-26-24-22-20-18-16-14-12-10-8-6-2/h11,13-14,16-17,19-20,22,40H,5-10,12,15,18,21,23-39H2,1-4H3/b13-11+,16-14+,19-17+,22-20+. The van der Waals surface area contributed by atoms with Gasteiger partial charge in [0.2, 0.25) is 0 Å². The van der Waals surface area contributed by atoms with Gasteiger partial charge in [-0.25, -0.2) is 0 Å². The number of rotatable bonds is 33. The second-order valence-corrected chi connectivity index (χ2v) is 12.7. The van der Waals surface area contributed by atoms with Crippen LogP contribution < -0.4 is 0 Å². The molecule has 42 heavy (non-hydrogen) atoms. The summed E-state index contributed by atoms with van der Waals surface area (Å²) < 4.78 is 6.38. The highest BCUT2D eigenvalue weighted by atomic mass is 16.5. The zero-order valence-corrected chi connectivity index (χ0v) is 29.1. The molecule has 2 heteroatoms. The van der Waals surface area contributed by atoms with Crippen molar-refractivity contribution < 1.29 is 4.74 Å². The van der Waals surface area contributed by atoms with E-state index >= 15 is 0 Å². The van der Waals surface area contributed by atoms with E-state index in [1.807, 2.05) is 0 Å². The summed E-state index contributed by atoms with van der Waals surface area (Å²) in [5.74, 6) is 0. The Labute approximate surface area is 265 Å². The van der Waals surface area contributed by atoms with Crippen LogP contribution in [0.2, 0.25) is 0 Å². The molecule has 0 fully saturated rings. The molecule has 0 heterocycles. The average Bonchev–Trinajstić information content (AvgIpc) is 2.98. The van der Waals surface area contributed by atoms with E-state index in [9.17, 15) is 0 Å². The first kappa shape index (κ1) is 40.9. The van der Waals surface area contributed by atoms with Crippen LogP contribution in [0.3, 0.4) is 0 Å². The van der Waals surface area contributed by atoms with Gasteiger partial charge in [0, 0.05) is 6.61 Å². The number of allylic oxidation sites excluding steroid dienone is 8. The largest absolute Gasteiger partial charge is 0.378 e. The van der Waals surface area contributed by atoms with Gasteiger partial charge in [0.25, 0.3) is 0 Å². The number of nitrogens with zero attached hydrogens (tertiary/aromatic N) is 1. The summed E-state index contributed by atoms with van der Waals surface area (Å²) in [6.07, 6.45) is 51.8. The predicted molar refractivity (Wildman–Crippen MR) is 192 cm³/mol. The van der Waals surface area contributed by atoms with E-state index in [4.69, 9.17) is 4.74 Å². The topological polar surface area (TPSA) is 12.5 Å². The molecule has 0 saturated carbocycles. The maximum Gasteiger partial charge on any atom is 0.0575 e. The molecular formula is C40H75NO. The van der Waals surface area contributed by atoms with Crippen molar-refractivity contribution in [2.75, 3.05) is 27.2 Å². The van der Waals surface area contributed by atoms with Crippen LogP contribution in [0.5, 0.6) is 0 Å². The zero-order valence-electron chi connectivity index (χ0n) is 29.1. The fourth-order valence-corrected chi connectivity index (χ4v) is 5.30. The fraction of sp³-hybridized carbons (Fsp3) is 0.800. The molecule has 2 nitrogen and oxygen atoms in total. The molecule has 0 saturated heterocycles. The first-order valence-electron chi connectivity index (χ1n) is 18.6. The van der Waals surface area contributed by atoms with E-state index in [-0.39, 0.29) is 0 Å². The third-order valence-electron chi connectivity index (χ3n) is 8.06. The van der Waals surface area contributed by atoms with Crippen molar-refractivity contribution in [3.05, 3.63) is 48.6 Å². The minimum Gasteiger partial charge on any atom is -0.378 e. The van der Waals surface area contributed by atoms with Gasteiger partial charge in [-0.1, -0.05) is 146 Å². The first-order chi connectivity index (χ1) is 20.7. The van der Waals surface area contributed by atoms with Gasteiger partial charge in [-0.2, -0.15) is 0 Å². The Morgan fingerprint density at radius 2 is 0.857 bits per heavy atom. The Morgan fingerprint density at radius 1 is 0.452 bits per heavy atom. The number of hydrogen-bond acceptors (Lipinski definition) is 2. The van der Waals surface area contributed by atoms with Crippen LogP contribution in [-0.4, -0.2) is 38.3 Å². The Hall–Kier alpha value is -1.12. The Morgan fingerprint density at radius 3 is 1.31 bits per heavy atom. The normalized spacial score (nSPS) is 13.3. The third-order valence-corrected chi connectivity index (χ3v) is 8.06. The van der Waals surface area contributed by atoms with E-state index in [0.717, 1.165) is 32.4 Å².